The molecule has 0 bridgehead atoms. The maximum atomic E-state index is 12.8. The normalized spacial score (nSPS) is 11.9. The van der Waals surface area contributed by atoms with Gasteiger partial charge in [0.05, 0.1) is 4.90 Å². The molecule has 0 unspecified atom stereocenters. The van der Waals surface area contributed by atoms with Gasteiger partial charge in [-0.1, -0.05) is 12.1 Å². The van der Waals surface area contributed by atoms with Gasteiger partial charge in [-0.05, 0) is 35.0 Å². The predicted molar refractivity (Wildman–Crippen MR) is 56.9 cm³/mol. The van der Waals surface area contributed by atoms with Gasteiger partial charge in [0.1, 0.15) is 5.82 Å². The molecule has 0 fully saturated rings. The van der Waals surface area contributed by atoms with Crippen LogP contribution in [0.15, 0.2) is 41.3 Å². The molecule has 0 radical (unpaired) electrons. The summed E-state index contributed by atoms with van der Waals surface area (Å²) in [5, 5.41) is 1.28. The fourth-order valence-electron chi connectivity index (χ4n) is 1.35. The van der Waals surface area contributed by atoms with E-state index >= 15 is 0 Å². The average Bonchev–Trinajstić information content (AvgIpc) is 2.15. The van der Waals surface area contributed by atoms with E-state index < -0.39 is 9.05 Å². The lowest BCUT2D eigenvalue weighted by atomic mass is 10.1. The van der Waals surface area contributed by atoms with Crippen LogP contribution in [0.25, 0.3) is 10.8 Å². The highest BCUT2D eigenvalue weighted by molar-refractivity contribution is 8.13. The summed E-state index contributed by atoms with van der Waals surface area (Å²) in [6.45, 7) is 0. The SMILES string of the molecule is O=S(=O)(Cl)c1ccc2cc(F)ccc2c1. The Balaban J connectivity index is 2.73. The van der Waals surface area contributed by atoms with Crippen molar-refractivity contribution in [2.75, 3.05) is 0 Å². The molecule has 0 atom stereocenters. The molecule has 0 aromatic heterocycles. The molecule has 0 N–H and O–H groups in total. The Morgan fingerprint density at radius 2 is 1.60 bits per heavy atom. The van der Waals surface area contributed by atoms with Gasteiger partial charge in [-0.2, -0.15) is 0 Å². The fourth-order valence-corrected chi connectivity index (χ4v) is 2.13. The molecule has 78 valence electrons. The molecule has 0 saturated carbocycles. The van der Waals surface area contributed by atoms with Crippen molar-refractivity contribution in [2.45, 2.75) is 4.90 Å². The van der Waals surface area contributed by atoms with Gasteiger partial charge in [0.25, 0.3) is 9.05 Å². The second kappa shape index (κ2) is 3.47. The molecule has 5 heteroatoms. The highest BCUT2D eigenvalue weighted by Gasteiger charge is 2.09. The summed E-state index contributed by atoms with van der Waals surface area (Å²) in [6.07, 6.45) is 0. The molecule has 0 saturated heterocycles. The minimum Gasteiger partial charge on any atom is -0.207 e. The topological polar surface area (TPSA) is 34.1 Å². The summed E-state index contributed by atoms with van der Waals surface area (Å²) in [5.41, 5.74) is 0. The average molecular weight is 245 g/mol. The molecule has 2 aromatic carbocycles. The highest BCUT2D eigenvalue weighted by Crippen LogP contribution is 2.22. The van der Waals surface area contributed by atoms with Crippen molar-refractivity contribution < 1.29 is 12.8 Å². The van der Waals surface area contributed by atoms with Crippen molar-refractivity contribution in [3.8, 4) is 0 Å². The van der Waals surface area contributed by atoms with Crippen LogP contribution in [0.2, 0.25) is 0 Å². The molecule has 0 aliphatic heterocycles. The van der Waals surface area contributed by atoms with Crippen LogP contribution in [0.1, 0.15) is 0 Å². The lowest BCUT2D eigenvalue weighted by Gasteiger charge is -2.00. The standard InChI is InChI=1S/C10H6ClFO2S/c11-15(13,14)10-4-2-7-5-9(12)3-1-8(7)6-10/h1-6H. The molecule has 2 rings (SSSR count). The van der Waals surface area contributed by atoms with Crippen molar-refractivity contribution >= 4 is 30.5 Å². The zero-order chi connectivity index (χ0) is 11.1. The van der Waals surface area contributed by atoms with E-state index in [4.69, 9.17) is 10.7 Å². The molecule has 0 aliphatic carbocycles. The van der Waals surface area contributed by atoms with E-state index in [9.17, 15) is 12.8 Å². The van der Waals surface area contributed by atoms with Crippen LogP contribution in [0.3, 0.4) is 0 Å². The summed E-state index contributed by atoms with van der Waals surface area (Å²) in [7, 11) is 1.46. The molecule has 0 aliphatic rings. The summed E-state index contributed by atoms with van der Waals surface area (Å²) >= 11 is 0. The third-order valence-corrected chi connectivity index (χ3v) is 3.41. The van der Waals surface area contributed by atoms with Gasteiger partial charge in [-0.3, -0.25) is 0 Å². The van der Waals surface area contributed by atoms with Gasteiger partial charge in [0.15, 0.2) is 0 Å². The Morgan fingerprint density at radius 3 is 2.27 bits per heavy atom. The smallest absolute Gasteiger partial charge is 0.207 e. The largest absolute Gasteiger partial charge is 0.261 e. The number of hydrogen-bond acceptors (Lipinski definition) is 2. The van der Waals surface area contributed by atoms with E-state index in [2.05, 4.69) is 0 Å². The van der Waals surface area contributed by atoms with E-state index in [0.29, 0.717) is 10.8 Å². The Labute approximate surface area is 90.7 Å². The molecule has 0 spiro atoms. The second-order valence-electron chi connectivity index (χ2n) is 3.09. The molecule has 15 heavy (non-hydrogen) atoms. The van der Waals surface area contributed by atoms with E-state index in [1.807, 2.05) is 0 Å². The first-order chi connectivity index (χ1) is 6.97. The minimum absolute atomic E-state index is 0.0169. The Morgan fingerprint density at radius 1 is 1.00 bits per heavy atom. The van der Waals surface area contributed by atoms with Crippen LogP contribution in [-0.2, 0) is 9.05 Å². The van der Waals surface area contributed by atoms with Gasteiger partial charge in [0.2, 0.25) is 0 Å². The van der Waals surface area contributed by atoms with Crippen LogP contribution in [0.4, 0.5) is 4.39 Å². The van der Waals surface area contributed by atoms with E-state index in [1.54, 1.807) is 0 Å². The first-order valence-corrected chi connectivity index (χ1v) is 6.42. The zero-order valence-electron chi connectivity index (χ0n) is 7.44. The van der Waals surface area contributed by atoms with E-state index in [-0.39, 0.29) is 10.7 Å². The molecule has 0 amide bonds. The number of halogens is 2. The zero-order valence-corrected chi connectivity index (χ0v) is 9.02. The van der Waals surface area contributed by atoms with Crippen molar-refractivity contribution in [1.29, 1.82) is 0 Å². The van der Waals surface area contributed by atoms with Gasteiger partial charge < -0.3 is 0 Å². The Kier molecular flexibility index (Phi) is 2.40. The predicted octanol–water partition coefficient (Wildman–Crippen LogP) is 2.91. The van der Waals surface area contributed by atoms with Crippen molar-refractivity contribution in [3.05, 3.63) is 42.2 Å². The highest BCUT2D eigenvalue weighted by atomic mass is 35.7. The van der Waals surface area contributed by atoms with E-state index in [1.165, 1.54) is 36.4 Å². The number of fused-ring (bicyclic) bond motifs is 1. The third-order valence-electron chi connectivity index (χ3n) is 2.06. The van der Waals surface area contributed by atoms with Gasteiger partial charge in [0, 0.05) is 10.7 Å². The summed E-state index contributed by atoms with van der Waals surface area (Å²) in [4.78, 5) is 0.0169. The van der Waals surface area contributed by atoms with Crippen LogP contribution in [-0.4, -0.2) is 8.42 Å². The number of hydrogen-bond donors (Lipinski definition) is 0. The van der Waals surface area contributed by atoms with Crippen LogP contribution in [0, 0.1) is 5.82 Å². The Hall–Kier alpha value is -1.13. The minimum atomic E-state index is -3.73. The third kappa shape index (κ3) is 2.11. The molecule has 0 heterocycles. The van der Waals surface area contributed by atoms with E-state index in [0.717, 1.165) is 0 Å². The van der Waals surface area contributed by atoms with Crippen molar-refractivity contribution in [2.24, 2.45) is 0 Å². The lowest BCUT2D eigenvalue weighted by Crippen LogP contribution is -1.90. The molecular formula is C10H6ClFO2S. The van der Waals surface area contributed by atoms with Crippen molar-refractivity contribution in [1.82, 2.24) is 0 Å². The lowest BCUT2D eigenvalue weighted by molar-refractivity contribution is 0.609. The summed E-state index contributed by atoms with van der Waals surface area (Å²) in [6, 6.07) is 8.40. The first-order valence-electron chi connectivity index (χ1n) is 4.11. The second-order valence-corrected chi connectivity index (χ2v) is 5.66. The summed E-state index contributed by atoms with van der Waals surface area (Å²) < 4.78 is 34.9. The monoisotopic (exact) mass is 244 g/mol. The number of benzene rings is 2. The van der Waals surface area contributed by atoms with Gasteiger partial charge in [-0.15, -0.1) is 0 Å². The maximum Gasteiger partial charge on any atom is 0.261 e. The Bertz CT molecular complexity index is 622. The quantitative estimate of drug-likeness (QED) is 0.723. The summed E-state index contributed by atoms with van der Waals surface area (Å²) in [5.74, 6) is -0.357. The number of rotatable bonds is 1. The van der Waals surface area contributed by atoms with Gasteiger partial charge >= 0.3 is 0 Å². The molecule has 2 nitrogen and oxygen atoms in total. The molecular weight excluding hydrogens is 239 g/mol. The maximum absolute atomic E-state index is 12.8. The van der Waals surface area contributed by atoms with Gasteiger partial charge in [-0.25, -0.2) is 12.8 Å². The first kappa shape index (κ1) is 10.4. The van der Waals surface area contributed by atoms with Crippen LogP contribution in [0.5, 0.6) is 0 Å². The molecule has 2 aromatic rings. The van der Waals surface area contributed by atoms with Crippen LogP contribution < -0.4 is 0 Å². The van der Waals surface area contributed by atoms with Crippen LogP contribution >= 0.6 is 10.7 Å². The van der Waals surface area contributed by atoms with Crippen molar-refractivity contribution in [3.63, 3.8) is 0 Å². The fraction of sp³-hybridized carbons (Fsp3) is 0.